The summed E-state index contributed by atoms with van der Waals surface area (Å²) in [5, 5.41) is 3.09. The van der Waals surface area contributed by atoms with Crippen molar-refractivity contribution in [3.8, 4) is 0 Å². The first-order valence-corrected chi connectivity index (χ1v) is 11.4. The molecular formula is C20H26N4O5S. The first-order valence-electron chi connectivity index (χ1n) is 10.0. The van der Waals surface area contributed by atoms with Crippen LogP contribution in [0.5, 0.6) is 0 Å². The maximum Gasteiger partial charge on any atom is 0.304 e. The summed E-state index contributed by atoms with van der Waals surface area (Å²) < 4.78 is 38.8. The van der Waals surface area contributed by atoms with Crippen molar-refractivity contribution in [3.05, 3.63) is 41.3 Å². The summed E-state index contributed by atoms with van der Waals surface area (Å²) in [6.45, 7) is 5.48. The Kier molecular flexibility index (Phi) is 5.56. The monoisotopic (exact) mass is 434 g/mol. The van der Waals surface area contributed by atoms with Crippen molar-refractivity contribution in [1.29, 1.82) is 0 Å². The molecule has 9 nitrogen and oxygen atoms in total. The highest BCUT2D eigenvalue weighted by Gasteiger charge is 2.39. The molecule has 4 rings (SSSR count). The Morgan fingerprint density at radius 1 is 1.23 bits per heavy atom. The molecule has 1 aliphatic heterocycles. The van der Waals surface area contributed by atoms with Gasteiger partial charge in [0.15, 0.2) is 5.69 Å². The number of carbonyl (C=O) groups excluding carboxylic acids is 1. The molecule has 2 fully saturated rings. The number of oxazole rings is 1. The number of hydrogen-bond donors (Lipinski definition) is 2. The van der Waals surface area contributed by atoms with Crippen LogP contribution in [0.3, 0.4) is 0 Å². The number of aromatic nitrogens is 1. The Morgan fingerprint density at radius 3 is 2.80 bits per heavy atom. The average molecular weight is 435 g/mol. The standard InChI is InChI=1S/C20H26N4O5S/c1-14-4-5-15(20(2)6-7-20)12-16(14)21-19-22-17(13-29-19)18(25)23-30(26,27)24-8-3-10-28-11-9-24/h4-5,12-13H,3,6-11H2,1-2H3,(H,21,22)(H,23,25). The Hall–Kier alpha value is -2.43. The molecule has 1 amide bonds. The molecule has 1 saturated carbocycles. The molecule has 1 aliphatic carbocycles. The fraction of sp³-hybridized carbons (Fsp3) is 0.500. The molecule has 1 aromatic carbocycles. The zero-order chi connectivity index (χ0) is 21.4. The van der Waals surface area contributed by atoms with E-state index in [0.717, 1.165) is 30.4 Å². The number of amides is 1. The highest BCUT2D eigenvalue weighted by molar-refractivity contribution is 7.87. The van der Waals surface area contributed by atoms with E-state index < -0.39 is 16.1 Å². The lowest BCUT2D eigenvalue weighted by Crippen LogP contribution is -2.44. The number of rotatable bonds is 6. The largest absolute Gasteiger partial charge is 0.431 e. The summed E-state index contributed by atoms with van der Waals surface area (Å²) >= 11 is 0. The molecule has 1 aromatic heterocycles. The van der Waals surface area contributed by atoms with Crippen LogP contribution in [0.25, 0.3) is 0 Å². The minimum absolute atomic E-state index is 0.116. The van der Waals surface area contributed by atoms with Crippen molar-refractivity contribution >= 4 is 27.8 Å². The van der Waals surface area contributed by atoms with Crippen molar-refractivity contribution < 1.29 is 22.4 Å². The van der Waals surface area contributed by atoms with E-state index in [2.05, 4.69) is 29.4 Å². The lowest BCUT2D eigenvalue weighted by atomic mass is 9.96. The molecular weight excluding hydrogens is 408 g/mol. The lowest BCUT2D eigenvalue weighted by Gasteiger charge is -2.18. The van der Waals surface area contributed by atoms with Gasteiger partial charge in [0.25, 0.3) is 11.9 Å². The lowest BCUT2D eigenvalue weighted by molar-refractivity contribution is 0.0973. The molecule has 0 bridgehead atoms. The molecule has 2 aliphatic rings. The maximum atomic E-state index is 12.5. The van der Waals surface area contributed by atoms with Crippen LogP contribution >= 0.6 is 0 Å². The summed E-state index contributed by atoms with van der Waals surface area (Å²) in [6.07, 6.45) is 4.04. The van der Waals surface area contributed by atoms with Gasteiger partial charge in [-0.25, -0.2) is 4.72 Å². The number of hydrogen-bond acceptors (Lipinski definition) is 7. The minimum atomic E-state index is -3.97. The maximum absolute atomic E-state index is 12.5. The van der Waals surface area contributed by atoms with Gasteiger partial charge in [-0.05, 0) is 48.8 Å². The number of nitrogens with one attached hydrogen (secondary N) is 2. The van der Waals surface area contributed by atoms with Gasteiger partial charge in [0.1, 0.15) is 6.26 Å². The summed E-state index contributed by atoms with van der Waals surface area (Å²) in [5.74, 6) is -0.840. The molecule has 0 atom stereocenters. The fourth-order valence-corrected chi connectivity index (χ4v) is 4.51. The second-order valence-corrected chi connectivity index (χ2v) is 9.73. The van der Waals surface area contributed by atoms with Crippen LogP contribution in [0.15, 0.2) is 28.9 Å². The predicted octanol–water partition coefficient (Wildman–Crippen LogP) is 2.48. The van der Waals surface area contributed by atoms with E-state index in [1.165, 1.54) is 9.87 Å². The molecule has 2 heterocycles. The number of nitrogens with zero attached hydrogens (tertiary/aromatic N) is 2. The van der Waals surface area contributed by atoms with Crippen LogP contribution < -0.4 is 10.0 Å². The van der Waals surface area contributed by atoms with Gasteiger partial charge < -0.3 is 14.5 Å². The second-order valence-electron chi connectivity index (χ2n) is 8.05. The summed E-state index contributed by atoms with van der Waals surface area (Å²) in [7, 11) is -3.97. The molecule has 30 heavy (non-hydrogen) atoms. The first-order chi connectivity index (χ1) is 14.3. The van der Waals surface area contributed by atoms with Crippen molar-refractivity contribution in [2.75, 3.05) is 31.6 Å². The molecule has 0 spiro atoms. The van der Waals surface area contributed by atoms with E-state index in [1.807, 2.05) is 17.7 Å². The Labute approximate surface area is 176 Å². The number of benzene rings is 1. The van der Waals surface area contributed by atoms with Gasteiger partial charge in [-0.2, -0.15) is 17.7 Å². The highest BCUT2D eigenvalue weighted by atomic mass is 32.2. The van der Waals surface area contributed by atoms with E-state index in [9.17, 15) is 13.2 Å². The van der Waals surface area contributed by atoms with E-state index >= 15 is 0 Å². The van der Waals surface area contributed by atoms with Gasteiger partial charge in [-0.1, -0.05) is 19.1 Å². The zero-order valence-corrected chi connectivity index (χ0v) is 17.9. The van der Waals surface area contributed by atoms with Crippen LogP contribution in [0.2, 0.25) is 0 Å². The average Bonchev–Trinajstić information content (AvgIpc) is 3.37. The summed E-state index contributed by atoms with van der Waals surface area (Å²) in [4.78, 5) is 16.5. The summed E-state index contributed by atoms with van der Waals surface area (Å²) in [5.41, 5.74) is 3.20. The van der Waals surface area contributed by atoms with Crippen LogP contribution in [-0.4, -0.2) is 49.9 Å². The quantitative estimate of drug-likeness (QED) is 0.718. The molecule has 2 N–H and O–H groups in total. The van der Waals surface area contributed by atoms with E-state index in [4.69, 9.17) is 9.15 Å². The van der Waals surface area contributed by atoms with Crippen molar-refractivity contribution in [1.82, 2.24) is 14.0 Å². The highest BCUT2D eigenvalue weighted by Crippen LogP contribution is 2.48. The normalized spacial score (nSPS) is 19.1. The third kappa shape index (κ3) is 4.50. The second kappa shape index (κ2) is 8.01. The third-order valence-corrected chi connectivity index (χ3v) is 7.14. The predicted molar refractivity (Wildman–Crippen MR) is 111 cm³/mol. The van der Waals surface area contributed by atoms with Gasteiger partial charge in [0.05, 0.1) is 6.61 Å². The van der Waals surface area contributed by atoms with Crippen LogP contribution in [0.1, 0.15) is 47.8 Å². The summed E-state index contributed by atoms with van der Waals surface area (Å²) in [6, 6.07) is 6.36. The van der Waals surface area contributed by atoms with Gasteiger partial charge >= 0.3 is 10.2 Å². The molecule has 0 radical (unpaired) electrons. The van der Waals surface area contributed by atoms with Crippen molar-refractivity contribution in [2.24, 2.45) is 0 Å². The third-order valence-electron chi connectivity index (χ3n) is 5.66. The Balaban J connectivity index is 1.44. The van der Waals surface area contributed by atoms with E-state index in [-0.39, 0.29) is 23.7 Å². The SMILES string of the molecule is Cc1ccc(C2(C)CC2)cc1Nc1nc(C(=O)NS(=O)(=O)N2CCCOCC2)co1. The Morgan fingerprint density at radius 2 is 2.03 bits per heavy atom. The minimum Gasteiger partial charge on any atom is -0.431 e. The van der Waals surface area contributed by atoms with E-state index in [1.54, 1.807) is 0 Å². The number of ether oxygens (including phenoxy) is 1. The molecule has 10 heteroatoms. The smallest absolute Gasteiger partial charge is 0.304 e. The van der Waals surface area contributed by atoms with Gasteiger partial charge in [0, 0.05) is 25.4 Å². The molecule has 2 aromatic rings. The van der Waals surface area contributed by atoms with Gasteiger partial charge in [0.2, 0.25) is 0 Å². The van der Waals surface area contributed by atoms with Crippen LogP contribution in [0.4, 0.5) is 11.7 Å². The number of carbonyl (C=O) groups is 1. The van der Waals surface area contributed by atoms with Gasteiger partial charge in [-0.15, -0.1) is 0 Å². The molecule has 162 valence electrons. The fourth-order valence-electron chi connectivity index (χ4n) is 3.36. The number of anilines is 2. The van der Waals surface area contributed by atoms with Crippen LogP contribution in [-0.2, 0) is 20.4 Å². The number of aryl methyl sites for hydroxylation is 1. The molecule has 1 saturated heterocycles. The van der Waals surface area contributed by atoms with Crippen LogP contribution in [0, 0.1) is 6.92 Å². The Bertz CT molecular complexity index is 1040. The van der Waals surface area contributed by atoms with Crippen molar-refractivity contribution in [3.63, 3.8) is 0 Å². The van der Waals surface area contributed by atoms with E-state index in [0.29, 0.717) is 26.2 Å². The van der Waals surface area contributed by atoms with Gasteiger partial charge in [-0.3, -0.25) is 4.79 Å². The molecule has 0 unspecified atom stereocenters. The van der Waals surface area contributed by atoms with Crippen molar-refractivity contribution in [2.45, 2.75) is 38.5 Å². The first kappa shape index (κ1) is 20.8. The topological polar surface area (TPSA) is 114 Å². The zero-order valence-electron chi connectivity index (χ0n) is 17.1.